The van der Waals surface area contributed by atoms with E-state index in [0.717, 1.165) is 0 Å². The summed E-state index contributed by atoms with van der Waals surface area (Å²) in [5.74, 6) is -0.367. The van der Waals surface area contributed by atoms with Crippen LogP contribution in [0, 0.1) is 5.82 Å². The van der Waals surface area contributed by atoms with Gasteiger partial charge in [0.2, 0.25) is 5.91 Å². The highest BCUT2D eigenvalue weighted by molar-refractivity contribution is 5.96. The molecule has 0 aliphatic carbocycles. The molecule has 1 atom stereocenters. The number of hydrogen-bond acceptors (Lipinski definition) is 5. The number of benzene rings is 1. The van der Waals surface area contributed by atoms with Gasteiger partial charge in [-0.05, 0) is 30.3 Å². The van der Waals surface area contributed by atoms with Crippen LogP contribution in [0.2, 0.25) is 0 Å². The molecule has 0 radical (unpaired) electrons. The predicted octanol–water partition coefficient (Wildman–Crippen LogP) is 2.08. The van der Waals surface area contributed by atoms with Crippen LogP contribution < -0.4 is 10.5 Å². The Bertz CT molecular complexity index is 997. The van der Waals surface area contributed by atoms with E-state index in [-0.39, 0.29) is 35.3 Å². The minimum Gasteiger partial charge on any atom is -0.334 e. The van der Waals surface area contributed by atoms with Crippen LogP contribution >= 0.6 is 0 Å². The smallest absolute Gasteiger partial charge is 0.263 e. The number of H-pyrrole nitrogens is 1. The van der Waals surface area contributed by atoms with Gasteiger partial charge in [-0.25, -0.2) is 4.39 Å². The molecule has 0 spiro atoms. The maximum atomic E-state index is 13.4. The van der Waals surface area contributed by atoms with Gasteiger partial charge in [0.05, 0.1) is 0 Å². The van der Waals surface area contributed by atoms with Crippen LogP contribution in [0.4, 0.5) is 10.1 Å². The molecular formula is C17H13FN4O3. The first-order chi connectivity index (χ1) is 12.1. The van der Waals surface area contributed by atoms with Gasteiger partial charge >= 0.3 is 0 Å². The van der Waals surface area contributed by atoms with E-state index >= 15 is 0 Å². The molecule has 1 aliphatic heterocycles. The Balaban J connectivity index is 1.59. The number of amides is 1. The molecule has 2 aromatic heterocycles. The monoisotopic (exact) mass is 340 g/mol. The maximum absolute atomic E-state index is 13.4. The van der Waals surface area contributed by atoms with Gasteiger partial charge in [0.15, 0.2) is 5.82 Å². The Kier molecular flexibility index (Phi) is 3.64. The lowest BCUT2D eigenvalue weighted by Crippen LogP contribution is -2.24. The second-order valence-electron chi connectivity index (χ2n) is 5.76. The number of pyridine rings is 1. The van der Waals surface area contributed by atoms with Crippen LogP contribution in [-0.2, 0) is 4.79 Å². The summed E-state index contributed by atoms with van der Waals surface area (Å²) < 4.78 is 18.6. The van der Waals surface area contributed by atoms with Crippen LogP contribution in [0.5, 0.6) is 0 Å². The third kappa shape index (κ3) is 2.82. The van der Waals surface area contributed by atoms with Gasteiger partial charge in [0.1, 0.15) is 11.4 Å². The van der Waals surface area contributed by atoms with Gasteiger partial charge in [-0.1, -0.05) is 11.2 Å². The Labute approximate surface area is 141 Å². The molecule has 1 amide bonds. The van der Waals surface area contributed by atoms with Crippen molar-refractivity contribution < 1.29 is 13.7 Å². The minimum absolute atomic E-state index is 0.105. The molecule has 1 saturated heterocycles. The fourth-order valence-corrected chi connectivity index (χ4v) is 2.87. The zero-order chi connectivity index (χ0) is 17.4. The molecule has 4 rings (SSSR count). The standard InChI is InChI=1S/C17H13FN4O3/c18-11-3-1-4-12(8-11)22-9-10(7-14(22)23)15-20-17(25-21-15)13-5-2-6-19-16(13)24/h1-6,8,10H,7,9H2,(H,19,24). The fraction of sp³-hybridized carbons (Fsp3) is 0.176. The first kappa shape index (κ1) is 15.3. The normalized spacial score (nSPS) is 17.2. The first-order valence-corrected chi connectivity index (χ1v) is 7.69. The highest BCUT2D eigenvalue weighted by atomic mass is 19.1. The average Bonchev–Trinajstić information content (AvgIpc) is 3.22. The Hall–Kier alpha value is -3.29. The van der Waals surface area contributed by atoms with Crippen molar-refractivity contribution in [1.82, 2.24) is 15.1 Å². The van der Waals surface area contributed by atoms with E-state index in [1.165, 1.54) is 23.2 Å². The summed E-state index contributed by atoms with van der Waals surface area (Å²) in [6, 6.07) is 9.10. The predicted molar refractivity (Wildman–Crippen MR) is 86.5 cm³/mol. The van der Waals surface area contributed by atoms with Crippen LogP contribution in [0.1, 0.15) is 18.2 Å². The number of aromatic nitrogens is 3. The summed E-state index contributed by atoms with van der Waals surface area (Å²) in [4.78, 5) is 32.3. The van der Waals surface area contributed by atoms with E-state index in [4.69, 9.17) is 4.52 Å². The van der Waals surface area contributed by atoms with Crippen molar-refractivity contribution in [2.24, 2.45) is 0 Å². The van der Waals surface area contributed by atoms with Gasteiger partial charge in [-0.15, -0.1) is 0 Å². The molecular weight excluding hydrogens is 327 g/mol. The Morgan fingerprint density at radius 3 is 2.92 bits per heavy atom. The number of hydrogen-bond donors (Lipinski definition) is 1. The summed E-state index contributed by atoms with van der Waals surface area (Å²) in [5.41, 5.74) is 0.435. The van der Waals surface area contributed by atoms with E-state index in [2.05, 4.69) is 15.1 Å². The van der Waals surface area contributed by atoms with Gasteiger partial charge in [-0.2, -0.15) is 4.98 Å². The van der Waals surface area contributed by atoms with Gasteiger partial charge in [-0.3, -0.25) is 9.59 Å². The molecule has 25 heavy (non-hydrogen) atoms. The molecule has 7 nitrogen and oxygen atoms in total. The second-order valence-corrected chi connectivity index (χ2v) is 5.76. The molecule has 1 aromatic carbocycles. The molecule has 0 saturated carbocycles. The molecule has 1 unspecified atom stereocenters. The SMILES string of the molecule is O=C1CC(c2noc(-c3ccc[nH]c3=O)n2)CN1c1cccc(F)c1. The quantitative estimate of drug-likeness (QED) is 0.788. The topological polar surface area (TPSA) is 92.1 Å². The molecule has 1 N–H and O–H groups in total. The van der Waals surface area contributed by atoms with E-state index in [0.29, 0.717) is 18.1 Å². The summed E-state index contributed by atoms with van der Waals surface area (Å²) in [5, 5.41) is 3.90. The van der Waals surface area contributed by atoms with Crippen molar-refractivity contribution in [3.8, 4) is 11.5 Å². The summed E-state index contributed by atoms with van der Waals surface area (Å²) in [6.45, 7) is 0.326. The number of nitrogens with one attached hydrogen (secondary N) is 1. The average molecular weight is 340 g/mol. The second kappa shape index (κ2) is 5.97. The highest BCUT2D eigenvalue weighted by Gasteiger charge is 2.34. The number of halogens is 1. The zero-order valence-electron chi connectivity index (χ0n) is 13.0. The maximum Gasteiger partial charge on any atom is 0.263 e. The number of aromatic amines is 1. The van der Waals surface area contributed by atoms with Crippen molar-refractivity contribution in [3.05, 3.63) is 64.6 Å². The van der Waals surface area contributed by atoms with Gasteiger partial charge in [0.25, 0.3) is 11.4 Å². The van der Waals surface area contributed by atoms with Crippen molar-refractivity contribution in [2.45, 2.75) is 12.3 Å². The van der Waals surface area contributed by atoms with Crippen LogP contribution in [0.3, 0.4) is 0 Å². The zero-order valence-corrected chi connectivity index (χ0v) is 13.0. The largest absolute Gasteiger partial charge is 0.334 e. The minimum atomic E-state index is -0.404. The van der Waals surface area contributed by atoms with Crippen molar-refractivity contribution >= 4 is 11.6 Å². The molecule has 0 bridgehead atoms. The lowest BCUT2D eigenvalue weighted by molar-refractivity contribution is -0.117. The summed E-state index contributed by atoms with van der Waals surface area (Å²) in [6.07, 6.45) is 1.70. The molecule has 3 aromatic rings. The summed E-state index contributed by atoms with van der Waals surface area (Å²) in [7, 11) is 0. The van der Waals surface area contributed by atoms with Crippen molar-refractivity contribution in [1.29, 1.82) is 0 Å². The number of nitrogens with zero attached hydrogens (tertiary/aromatic N) is 3. The van der Waals surface area contributed by atoms with E-state index in [1.54, 1.807) is 24.3 Å². The Morgan fingerprint density at radius 1 is 1.24 bits per heavy atom. The van der Waals surface area contributed by atoms with Crippen molar-refractivity contribution in [2.75, 3.05) is 11.4 Å². The van der Waals surface area contributed by atoms with Crippen LogP contribution in [0.25, 0.3) is 11.5 Å². The Morgan fingerprint density at radius 2 is 2.12 bits per heavy atom. The number of rotatable bonds is 3. The molecule has 126 valence electrons. The molecule has 3 heterocycles. The van der Waals surface area contributed by atoms with Crippen LogP contribution in [-0.4, -0.2) is 27.6 Å². The molecule has 8 heteroatoms. The van der Waals surface area contributed by atoms with E-state index in [9.17, 15) is 14.0 Å². The molecule has 1 aliphatic rings. The number of carbonyl (C=O) groups is 1. The number of carbonyl (C=O) groups excluding carboxylic acids is 1. The van der Waals surface area contributed by atoms with E-state index < -0.39 is 5.82 Å². The third-order valence-corrected chi connectivity index (χ3v) is 4.10. The number of anilines is 1. The highest BCUT2D eigenvalue weighted by Crippen LogP contribution is 2.31. The lowest BCUT2D eigenvalue weighted by atomic mass is 10.1. The fourth-order valence-electron chi connectivity index (χ4n) is 2.87. The van der Waals surface area contributed by atoms with E-state index in [1.807, 2.05) is 0 Å². The van der Waals surface area contributed by atoms with Gasteiger partial charge < -0.3 is 14.4 Å². The first-order valence-electron chi connectivity index (χ1n) is 7.69. The summed E-state index contributed by atoms with van der Waals surface area (Å²) >= 11 is 0. The van der Waals surface area contributed by atoms with Crippen molar-refractivity contribution in [3.63, 3.8) is 0 Å². The lowest BCUT2D eigenvalue weighted by Gasteiger charge is -2.15. The third-order valence-electron chi connectivity index (χ3n) is 4.10. The van der Waals surface area contributed by atoms with Crippen LogP contribution in [0.15, 0.2) is 51.9 Å². The van der Waals surface area contributed by atoms with Gasteiger partial charge in [0, 0.05) is 30.8 Å². The molecule has 1 fully saturated rings.